The van der Waals surface area contributed by atoms with Gasteiger partial charge in [-0.15, -0.1) is 22.7 Å². The minimum atomic E-state index is -0.0700. The van der Waals surface area contributed by atoms with Gasteiger partial charge in [-0.05, 0) is 312 Å². The smallest absolute Gasteiger partial charge is 0.0640 e. The van der Waals surface area contributed by atoms with Crippen molar-refractivity contribution in [3.05, 3.63) is 509 Å². The van der Waals surface area contributed by atoms with E-state index >= 15 is 0 Å². The average molecular weight is 1830 g/mol. The summed E-state index contributed by atoms with van der Waals surface area (Å²) in [6.07, 6.45) is 0. The van der Waals surface area contributed by atoms with Crippen molar-refractivity contribution in [1.82, 2.24) is 9.13 Å². The third-order valence-electron chi connectivity index (χ3n) is 29.9. The molecule has 0 radical (unpaired) electrons. The van der Waals surface area contributed by atoms with Crippen LogP contribution in [0.15, 0.2) is 497 Å². The molecule has 0 saturated carbocycles. The van der Waals surface area contributed by atoms with Gasteiger partial charge in [0.2, 0.25) is 0 Å². The number of hydrogen-bond donors (Lipinski definition) is 0. The van der Waals surface area contributed by atoms with E-state index in [1.165, 1.54) is 238 Å². The maximum atomic E-state index is 2.44. The Morgan fingerprint density at radius 1 is 0.177 bits per heavy atom. The zero-order valence-corrected chi connectivity index (χ0v) is 79.1. The van der Waals surface area contributed by atoms with Crippen molar-refractivity contribution in [3.8, 4) is 78.1 Å². The molecule has 1 aliphatic rings. The molecule has 0 unspecified atom stereocenters. The van der Waals surface area contributed by atoms with Gasteiger partial charge in [-0.1, -0.05) is 341 Å². The highest BCUT2D eigenvalue weighted by Crippen LogP contribution is 2.53. The zero-order valence-electron chi connectivity index (χ0n) is 77.4. The fourth-order valence-electron chi connectivity index (χ4n) is 23.2. The average Bonchev–Trinajstić information content (AvgIpc) is 1.04. The Labute approximate surface area is 823 Å². The molecule has 4 nitrogen and oxygen atoms in total. The van der Waals surface area contributed by atoms with Crippen LogP contribution in [-0.4, -0.2) is 9.13 Å². The minimum Gasteiger partial charge on any atom is -0.310 e. The van der Waals surface area contributed by atoms with Gasteiger partial charge in [-0.25, -0.2) is 0 Å². The number of aromatic nitrogens is 2. The first-order valence-electron chi connectivity index (χ1n) is 48.6. The molecule has 28 aromatic rings. The van der Waals surface area contributed by atoms with Crippen molar-refractivity contribution in [2.75, 3.05) is 9.80 Å². The largest absolute Gasteiger partial charge is 0.310 e. The molecule has 4 aromatic heterocycles. The molecule has 0 spiro atoms. The van der Waals surface area contributed by atoms with Crippen LogP contribution in [0.3, 0.4) is 0 Å². The predicted molar refractivity (Wildman–Crippen MR) is 606 cm³/mol. The van der Waals surface area contributed by atoms with Crippen molar-refractivity contribution in [2.45, 2.75) is 19.3 Å². The summed E-state index contributed by atoms with van der Waals surface area (Å²) in [6, 6.07) is 184. The van der Waals surface area contributed by atoms with Crippen LogP contribution in [0.5, 0.6) is 0 Å². The van der Waals surface area contributed by atoms with Crippen LogP contribution in [0, 0.1) is 0 Å². The second kappa shape index (κ2) is 32.9. The maximum absolute atomic E-state index is 2.44. The fraction of sp³-hybridized carbons (Fsp3) is 0.0222. The first-order valence-corrected chi connectivity index (χ1v) is 50.3. The number of nitrogens with zero attached hydrogens (tertiary/aromatic N) is 4. The lowest BCUT2D eigenvalue weighted by atomic mass is 9.81. The quantitative estimate of drug-likeness (QED) is 0.107. The standard InChI is InChI=1S/C75H50N2S.C60H38N2S/c1-75(2)69-22-12-10-20-62(69)63-38-29-52(45-70(63)75)51-31-40-72-67(44-51)66-43-50(30-39-71(66)77(72)53-14-4-3-5-15-53)48-26-34-55(35-27-48)76(56-36-41-74-68(46-56)64-21-11-13-23-73(64)78-74)54-32-24-47(25-33-54)49-28-37-61-59-18-7-6-16-57(59)58-17-8-9-19-60(58)65(61)42-49;1-2-13-43(14-3-1)62-56-22-10-8-19-51(56)55-38-42(30-36-57(55)62)40-27-33-45(34-28-40)61(58-23-12-21-53-52-20-9-11-24-59(52)63-60(53)58)44-31-25-39(26-32-44)41-29-35-50-48-17-5-4-15-46(48)47-16-6-7-18-49(47)54(50)37-41/h3-46H,1-2H3;1-38H. The maximum Gasteiger partial charge on any atom is 0.0640 e. The number of hydrogen-bond acceptors (Lipinski definition) is 4. The number of anilines is 6. The highest BCUT2D eigenvalue weighted by Gasteiger charge is 2.36. The van der Waals surface area contributed by atoms with Crippen molar-refractivity contribution in [2.24, 2.45) is 0 Å². The number of benzene rings is 24. The monoisotopic (exact) mass is 1830 g/mol. The summed E-state index contributed by atoms with van der Waals surface area (Å²) >= 11 is 3.72. The Balaban J connectivity index is 0.000000141. The fourth-order valence-corrected chi connectivity index (χ4v) is 25.4. The summed E-state index contributed by atoms with van der Waals surface area (Å²) in [7, 11) is 0. The zero-order chi connectivity index (χ0) is 93.1. The molecule has 4 heterocycles. The normalized spacial score (nSPS) is 12.4. The second-order valence-corrected chi connectivity index (χ2v) is 40.2. The summed E-state index contributed by atoms with van der Waals surface area (Å²) in [4.78, 5) is 4.85. The van der Waals surface area contributed by atoms with Gasteiger partial charge < -0.3 is 18.9 Å². The summed E-state index contributed by atoms with van der Waals surface area (Å²) in [5.41, 5.74) is 31.3. The van der Waals surface area contributed by atoms with E-state index in [1.807, 2.05) is 22.7 Å². The Morgan fingerprint density at radius 2 is 0.489 bits per heavy atom. The van der Waals surface area contributed by atoms with E-state index < -0.39 is 0 Å². The van der Waals surface area contributed by atoms with E-state index in [4.69, 9.17) is 0 Å². The summed E-state index contributed by atoms with van der Waals surface area (Å²) < 4.78 is 9.97. The molecule has 6 heteroatoms. The highest BCUT2D eigenvalue weighted by atomic mass is 32.1. The first kappa shape index (κ1) is 81.8. The Bertz CT molecular complexity index is 9890. The lowest BCUT2D eigenvalue weighted by molar-refractivity contribution is 0.660. The number of thiophene rings is 2. The van der Waals surface area contributed by atoms with Crippen molar-refractivity contribution in [1.29, 1.82) is 0 Å². The van der Waals surface area contributed by atoms with Gasteiger partial charge in [0.25, 0.3) is 0 Å². The molecule has 29 rings (SSSR count). The molecule has 24 aromatic carbocycles. The minimum absolute atomic E-state index is 0.0700. The lowest BCUT2D eigenvalue weighted by Crippen LogP contribution is -2.14. The van der Waals surface area contributed by atoms with Gasteiger partial charge >= 0.3 is 0 Å². The van der Waals surface area contributed by atoms with E-state index in [9.17, 15) is 0 Å². The van der Waals surface area contributed by atoms with Crippen molar-refractivity contribution < 1.29 is 0 Å². The van der Waals surface area contributed by atoms with Crippen LogP contribution in [-0.2, 0) is 5.41 Å². The van der Waals surface area contributed by atoms with Crippen LogP contribution in [0.4, 0.5) is 34.1 Å². The van der Waals surface area contributed by atoms with Gasteiger partial charge in [-0.3, -0.25) is 0 Å². The number of fused-ring (bicyclic) bond motifs is 27. The molecule has 1 aliphatic carbocycles. The molecule has 141 heavy (non-hydrogen) atoms. The number of para-hydroxylation sites is 3. The number of rotatable bonds is 13. The molecule has 0 aliphatic heterocycles. The molecule has 0 amide bonds. The molecule has 0 N–H and O–H groups in total. The Kier molecular flexibility index (Phi) is 19.1. The molecular formula is C135H88N4S2. The van der Waals surface area contributed by atoms with Crippen LogP contribution in [0.25, 0.3) is 227 Å². The SMILES string of the molecule is CC1(C)c2ccccc2-c2ccc(-c3ccc4c(c3)c3cc(-c5ccc(N(c6ccc(-c7ccc8c9ccccc9c9ccccc9c8c7)cc6)c6ccc7sc8ccccc8c7c6)cc5)ccc3n4-c3ccccc3)cc21.c1ccc(-n2c3ccccc3c3cc(-c4ccc(N(c5ccc(-c6ccc7c8ccccc8c8ccccc8c7c6)cc5)c5cccc6c5sc5ccccc56)cc4)ccc32)cc1. The van der Waals surface area contributed by atoms with Crippen LogP contribution in [0.2, 0.25) is 0 Å². The van der Waals surface area contributed by atoms with Gasteiger partial charge in [0.15, 0.2) is 0 Å². The van der Waals surface area contributed by atoms with Gasteiger partial charge in [-0.2, -0.15) is 0 Å². The van der Waals surface area contributed by atoms with E-state index in [0.29, 0.717) is 0 Å². The Hall–Kier alpha value is -17.5. The summed E-state index contributed by atoms with van der Waals surface area (Å²) in [5.74, 6) is 0. The molecule has 0 saturated heterocycles. The van der Waals surface area contributed by atoms with Crippen LogP contribution in [0.1, 0.15) is 25.0 Å². The van der Waals surface area contributed by atoms with Crippen molar-refractivity contribution >= 4 is 205 Å². The third kappa shape index (κ3) is 13.5. The second-order valence-electron chi connectivity index (χ2n) is 38.1. The highest BCUT2D eigenvalue weighted by molar-refractivity contribution is 7.26. The topological polar surface area (TPSA) is 16.3 Å². The van der Waals surface area contributed by atoms with E-state index in [1.54, 1.807) is 0 Å². The lowest BCUT2D eigenvalue weighted by Gasteiger charge is -2.26. The summed E-state index contributed by atoms with van der Waals surface area (Å²) in [6.45, 7) is 4.73. The van der Waals surface area contributed by atoms with Gasteiger partial charge in [0, 0.05) is 102 Å². The van der Waals surface area contributed by atoms with Crippen molar-refractivity contribution in [3.63, 3.8) is 0 Å². The van der Waals surface area contributed by atoms with E-state index in [2.05, 4.69) is 530 Å². The van der Waals surface area contributed by atoms with Crippen LogP contribution < -0.4 is 9.80 Å². The Morgan fingerprint density at radius 3 is 0.972 bits per heavy atom. The van der Waals surface area contributed by atoms with Crippen LogP contribution >= 0.6 is 22.7 Å². The molecule has 0 atom stereocenters. The van der Waals surface area contributed by atoms with Gasteiger partial charge in [0.1, 0.15) is 0 Å². The molecular weight excluding hydrogens is 1740 g/mol. The molecule has 0 fully saturated rings. The molecule has 660 valence electrons. The predicted octanol–water partition coefficient (Wildman–Crippen LogP) is 38.8. The third-order valence-corrected chi connectivity index (χ3v) is 32.3. The molecule has 0 bridgehead atoms. The first-order chi connectivity index (χ1) is 69.7. The van der Waals surface area contributed by atoms with Gasteiger partial charge in [0.05, 0.1) is 32.5 Å². The van der Waals surface area contributed by atoms with E-state index in [-0.39, 0.29) is 5.41 Å². The summed E-state index contributed by atoms with van der Waals surface area (Å²) in [5, 5.41) is 25.6. The van der Waals surface area contributed by atoms with E-state index in [0.717, 1.165) is 34.1 Å².